The summed E-state index contributed by atoms with van der Waals surface area (Å²) in [6.45, 7) is 1.66. The Morgan fingerprint density at radius 2 is 2.31 bits per heavy atom. The van der Waals surface area contributed by atoms with E-state index in [1.165, 1.54) is 18.7 Å². The Bertz CT molecular complexity index is 499. The lowest BCUT2D eigenvalue weighted by Crippen LogP contribution is -2.08. The number of hydrogen-bond acceptors (Lipinski definition) is 3. The number of rotatable bonds is 4. The highest BCUT2D eigenvalue weighted by molar-refractivity contribution is 5.71. The molecule has 1 saturated carbocycles. The van der Waals surface area contributed by atoms with Crippen LogP contribution in [0.15, 0.2) is 18.3 Å². The fourth-order valence-corrected chi connectivity index (χ4v) is 2.10. The average molecular weight is 216 g/mol. The second-order valence-corrected chi connectivity index (χ2v) is 4.38. The van der Waals surface area contributed by atoms with Crippen molar-refractivity contribution in [1.29, 1.82) is 0 Å². The number of nitrogens with two attached hydrogens (primary N) is 1. The molecule has 0 bridgehead atoms. The van der Waals surface area contributed by atoms with Gasteiger partial charge in [-0.25, -0.2) is 9.97 Å². The van der Waals surface area contributed by atoms with Gasteiger partial charge in [-0.05, 0) is 37.9 Å². The molecule has 2 N–H and O–H groups in total. The van der Waals surface area contributed by atoms with Crippen LogP contribution in [0, 0.1) is 0 Å². The van der Waals surface area contributed by atoms with Crippen molar-refractivity contribution in [3.8, 4) is 0 Å². The van der Waals surface area contributed by atoms with Crippen LogP contribution in [-0.2, 0) is 6.54 Å². The Morgan fingerprint density at radius 1 is 1.44 bits per heavy atom. The number of imidazole rings is 1. The first-order valence-corrected chi connectivity index (χ1v) is 5.91. The third-order valence-corrected chi connectivity index (χ3v) is 3.06. The molecule has 0 unspecified atom stereocenters. The van der Waals surface area contributed by atoms with Crippen molar-refractivity contribution in [2.45, 2.75) is 31.7 Å². The van der Waals surface area contributed by atoms with E-state index in [9.17, 15) is 0 Å². The molecule has 0 spiro atoms. The molecule has 2 aromatic heterocycles. The zero-order valence-corrected chi connectivity index (χ0v) is 9.26. The number of nitrogens with zero attached hydrogens (tertiary/aromatic N) is 3. The van der Waals surface area contributed by atoms with Gasteiger partial charge in [-0.2, -0.15) is 0 Å². The van der Waals surface area contributed by atoms with Crippen LogP contribution in [0.1, 0.15) is 31.0 Å². The average Bonchev–Trinajstić information content (AvgIpc) is 3.09. The molecule has 2 aromatic rings. The standard InChI is InChI=1S/C12H16N4/c13-6-2-8-16-11(9-4-5-9)15-10-3-1-7-14-12(10)16/h1,3,7,9H,2,4-6,8,13H2. The first kappa shape index (κ1) is 9.78. The lowest BCUT2D eigenvalue weighted by Gasteiger charge is -2.06. The molecule has 1 fully saturated rings. The molecular formula is C12H16N4. The fourth-order valence-electron chi connectivity index (χ4n) is 2.10. The monoisotopic (exact) mass is 216 g/mol. The van der Waals surface area contributed by atoms with E-state index < -0.39 is 0 Å². The first-order valence-electron chi connectivity index (χ1n) is 5.91. The Balaban J connectivity index is 2.08. The van der Waals surface area contributed by atoms with Gasteiger partial charge in [-0.15, -0.1) is 0 Å². The van der Waals surface area contributed by atoms with E-state index in [0.717, 1.165) is 30.7 Å². The van der Waals surface area contributed by atoms with Crippen molar-refractivity contribution < 1.29 is 0 Å². The molecule has 0 atom stereocenters. The predicted octanol–water partition coefficient (Wildman–Crippen LogP) is 1.66. The molecule has 1 aliphatic carbocycles. The number of fused-ring (bicyclic) bond motifs is 1. The van der Waals surface area contributed by atoms with Gasteiger partial charge in [-0.3, -0.25) is 0 Å². The third kappa shape index (κ3) is 1.59. The van der Waals surface area contributed by atoms with Crippen LogP contribution >= 0.6 is 0 Å². The Hall–Kier alpha value is -1.42. The SMILES string of the molecule is NCCCn1c(C2CC2)nc2cccnc21. The number of aryl methyl sites for hydroxylation is 1. The maximum absolute atomic E-state index is 5.58. The number of aromatic nitrogens is 3. The van der Waals surface area contributed by atoms with Crippen LogP contribution in [0.5, 0.6) is 0 Å². The Morgan fingerprint density at radius 3 is 3.06 bits per heavy atom. The van der Waals surface area contributed by atoms with Gasteiger partial charge in [0.05, 0.1) is 0 Å². The van der Waals surface area contributed by atoms with Crippen molar-refractivity contribution in [3.05, 3.63) is 24.2 Å². The predicted molar refractivity (Wildman–Crippen MR) is 63.2 cm³/mol. The second kappa shape index (κ2) is 3.87. The highest BCUT2D eigenvalue weighted by atomic mass is 15.1. The van der Waals surface area contributed by atoms with Gasteiger partial charge in [0.1, 0.15) is 11.3 Å². The van der Waals surface area contributed by atoms with Crippen LogP contribution in [0.2, 0.25) is 0 Å². The summed E-state index contributed by atoms with van der Waals surface area (Å²) in [5, 5.41) is 0. The third-order valence-electron chi connectivity index (χ3n) is 3.06. The minimum Gasteiger partial charge on any atom is -0.330 e. The van der Waals surface area contributed by atoms with Gasteiger partial charge < -0.3 is 10.3 Å². The van der Waals surface area contributed by atoms with Gasteiger partial charge in [-0.1, -0.05) is 0 Å². The van der Waals surface area contributed by atoms with Gasteiger partial charge in [0.25, 0.3) is 0 Å². The van der Waals surface area contributed by atoms with Crippen LogP contribution in [0.3, 0.4) is 0 Å². The summed E-state index contributed by atoms with van der Waals surface area (Å²) >= 11 is 0. The summed E-state index contributed by atoms with van der Waals surface area (Å²) in [5.41, 5.74) is 7.60. The molecule has 4 heteroatoms. The largest absolute Gasteiger partial charge is 0.330 e. The summed E-state index contributed by atoms with van der Waals surface area (Å²) in [6, 6.07) is 3.98. The topological polar surface area (TPSA) is 56.7 Å². The maximum Gasteiger partial charge on any atom is 0.159 e. The molecule has 0 saturated heterocycles. The van der Waals surface area contributed by atoms with E-state index >= 15 is 0 Å². The van der Waals surface area contributed by atoms with E-state index in [0.29, 0.717) is 5.92 Å². The van der Waals surface area contributed by atoms with Gasteiger partial charge in [0.15, 0.2) is 5.65 Å². The Labute approximate surface area is 94.5 Å². The highest BCUT2D eigenvalue weighted by Gasteiger charge is 2.29. The molecule has 2 heterocycles. The normalized spacial score (nSPS) is 15.8. The maximum atomic E-state index is 5.58. The summed E-state index contributed by atoms with van der Waals surface area (Å²) in [6.07, 6.45) is 5.36. The molecule has 0 radical (unpaired) electrons. The Kier molecular flexibility index (Phi) is 2.36. The minimum absolute atomic E-state index is 0.659. The molecule has 0 amide bonds. The smallest absolute Gasteiger partial charge is 0.159 e. The van der Waals surface area contributed by atoms with E-state index in [1.807, 2.05) is 18.3 Å². The molecule has 84 valence electrons. The summed E-state index contributed by atoms with van der Waals surface area (Å²) in [4.78, 5) is 9.11. The molecular weight excluding hydrogens is 200 g/mol. The van der Waals surface area contributed by atoms with Crippen molar-refractivity contribution in [1.82, 2.24) is 14.5 Å². The zero-order chi connectivity index (χ0) is 11.0. The molecule has 0 aliphatic heterocycles. The van der Waals surface area contributed by atoms with Gasteiger partial charge in [0.2, 0.25) is 0 Å². The van der Waals surface area contributed by atoms with Gasteiger partial charge >= 0.3 is 0 Å². The van der Waals surface area contributed by atoms with Crippen LogP contribution in [0.4, 0.5) is 0 Å². The van der Waals surface area contributed by atoms with Crippen LogP contribution in [0.25, 0.3) is 11.2 Å². The molecule has 4 nitrogen and oxygen atoms in total. The summed E-state index contributed by atoms with van der Waals surface area (Å²) in [7, 11) is 0. The number of pyridine rings is 1. The van der Waals surface area contributed by atoms with E-state index in [4.69, 9.17) is 5.73 Å². The first-order chi connectivity index (χ1) is 7.90. The quantitative estimate of drug-likeness (QED) is 0.845. The van der Waals surface area contributed by atoms with Crippen molar-refractivity contribution >= 4 is 11.2 Å². The van der Waals surface area contributed by atoms with E-state index in [2.05, 4.69) is 14.5 Å². The minimum atomic E-state index is 0.659. The summed E-state index contributed by atoms with van der Waals surface area (Å²) in [5.74, 6) is 1.87. The lowest BCUT2D eigenvalue weighted by molar-refractivity contribution is 0.629. The van der Waals surface area contributed by atoms with E-state index in [-0.39, 0.29) is 0 Å². The number of hydrogen-bond donors (Lipinski definition) is 1. The van der Waals surface area contributed by atoms with Crippen molar-refractivity contribution in [2.24, 2.45) is 5.73 Å². The van der Waals surface area contributed by atoms with E-state index in [1.54, 1.807) is 0 Å². The lowest BCUT2D eigenvalue weighted by atomic mass is 10.3. The van der Waals surface area contributed by atoms with Gasteiger partial charge in [0, 0.05) is 18.7 Å². The second-order valence-electron chi connectivity index (χ2n) is 4.38. The highest BCUT2D eigenvalue weighted by Crippen LogP contribution is 2.40. The fraction of sp³-hybridized carbons (Fsp3) is 0.500. The molecule has 0 aromatic carbocycles. The van der Waals surface area contributed by atoms with Crippen LogP contribution < -0.4 is 5.73 Å². The summed E-state index contributed by atoms with van der Waals surface area (Å²) < 4.78 is 2.25. The van der Waals surface area contributed by atoms with Crippen LogP contribution in [-0.4, -0.2) is 21.1 Å². The molecule has 1 aliphatic rings. The zero-order valence-electron chi connectivity index (χ0n) is 9.26. The molecule has 3 rings (SSSR count). The molecule has 16 heavy (non-hydrogen) atoms. The van der Waals surface area contributed by atoms with Crippen molar-refractivity contribution in [3.63, 3.8) is 0 Å². The van der Waals surface area contributed by atoms with Crippen molar-refractivity contribution in [2.75, 3.05) is 6.54 Å².